The fourth-order valence-corrected chi connectivity index (χ4v) is 4.12. The Labute approximate surface area is 174 Å². The van der Waals surface area contributed by atoms with Crippen LogP contribution in [0.4, 0.5) is 5.69 Å². The molecule has 4 amide bonds. The molecule has 30 heavy (non-hydrogen) atoms. The Morgan fingerprint density at radius 2 is 1.60 bits per heavy atom. The van der Waals surface area contributed by atoms with Crippen LogP contribution in [0.3, 0.4) is 0 Å². The van der Waals surface area contributed by atoms with E-state index in [2.05, 4.69) is 5.32 Å². The SMILES string of the molecule is NS(=O)(=O)c1ccc(NC(=O)C2CCN(C(=O)CCN3C(=O)CCC3=O)CC2)cc1. The van der Waals surface area contributed by atoms with Crippen LogP contribution < -0.4 is 10.5 Å². The van der Waals surface area contributed by atoms with Gasteiger partial charge >= 0.3 is 0 Å². The van der Waals surface area contributed by atoms with Gasteiger partial charge in [0, 0.05) is 50.5 Å². The molecule has 0 saturated carbocycles. The molecule has 0 aromatic heterocycles. The summed E-state index contributed by atoms with van der Waals surface area (Å²) in [5.41, 5.74) is 0.464. The van der Waals surface area contributed by atoms with Crippen molar-refractivity contribution in [1.29, 1.82) is 0 Å². The standard InChI is InChI=1S/C19H24N4O6S/c20-30(28,29)15-3-1-14(2-4-15)21-19(27)13-7-10-22(11-8-13)16(24)9-12-23-17(25)5-6-18(23)26/h1-4,13H,5-12H2,(H,21,27)(H2,20,28,29). The molecule has 11 heteroatoms. The van der Waals surface area contributed by atoms with Crippen LogP contribution in [0.25, 0.3) is 0 Å². The molecule has 2 fully saturated rings. The molecule has 2 aliphatic heterocycles. The summed E-state index contributed by atoms with van der Waals surface area (Å²) in [6.07, 6.45) is 1.49. The average Bonchev–Trinajstić information content (AvgIpc) is 3.03. The lowest BCUT2D eigenvalue weighted by Crippen LogP contribution is -2.43. The number of piperidine rings is 1. The maximum atomic E-state index is 12.5. The van der Waals surface area contributed by atoms with E-state index in [9.17, 15) is 27.6 Å². The Hall–Kier alpha value is -2.79. The first-order valence-electron chi connectivity index (χ1n) is 9.70. The summed E-state index contributed by atoms with van der Waals surface area (Å²) in [5, 5.41) is 7.80. The highest BCUT2D eigenvalue weighted by molar-refractivity contribution is 7.89. The van der Waals surface area contributed by atoms with Crippen molar-refractivity contribution < 1.29 is 27.6 Å². The molecule has 1 aromatic rings. The predicted octanol–water partition coefficient (Wildman–Crippen LogP) is 0.0502. The first-order chi connectivity index (χ1) is 14.1. The van der Waals surface area contributed by atoms with E-state index in [0.717, 1.165) is 4.90 Å². The number of primary sulfonamides is 1. The maximum absolute atomic E-state index is 12.5. The number of hydrogen-bond donors (Lipinski definition) is 2. The van der Waals surface area contributed by atoms with Crippen molar-refractivity contribution in [2.45, 2.75) is 37.0 Å². The summed E-state index contributed by atoms with van der Waals surface area (Å²) in [5.74, 6) is -1.08. The monoisotopic (exact) mass is 436 g/mol. The number of carbonyl (C=O) groups is 4. The zero-order chi connectivity index (χ0) is 21.9. The molecular formula is C19H24N4O6S. The fraction of sp³-hybridized carbons (Fsp3) is 0.474. The number of rotatable bonds is 6. The van der Waals surface area contributed by atoms with Gasteiger partial charge in [-0.2, -0.15) is 0 Å². The van der Waals surface area contributed by atoms with Crippen LogP contribution in [0.2, 0.25) is 0 Å². The molecule has 162 valence electrons. The number of carbonyl (C=O) groups excluding carboxylic acids is 4. The fourth-order valence-electron chi connectivity index (χ4n) is 3.60. The number of nitrogens with zero attached hydrogens (tertiary/aromatic N) is 2. The summed E-state index contributed by atoms with van der Waals surface area (Å²) in [6, 6.07) is 5.58. The minimum absolute atomic E-state index is 0.0374. The van der Waals surface area contributed by atoms with E-state index >= 15 is 0 Å². The number of anilines is 1. The number of hydrogen-bond acceptors (Lipinski definition) is 6. The Kier molecular flexibility index (Phi) is 6.52. The lowest BCUT2D eigenvalue weighted by Gasteiger charge is -2.31. The van der Waals surface area contributed by atoms with Crippen molar-refractivity contribution in [2.75, 3.05) is 25.0 Å². The third-order valence-electron chi connectivity index (χ3n) is 5.37. The highest BCUT2D eigenvalue weighted by atomic mass is 32.2. The van der Waals surface area contributed by atoms with Crippen molar-refractivity contribution in [3.8, 4) is 0 Å². The van der Waals surface area contributed by atoms with Crippen molar-refractivity contribution in [2.24, 2.45) is 11.1 Å². The smallest absolute Gasteiger partial charge is 0.238 e. The van der Waals surface area contributed by atoms with Gasteiger partial charge in [0.15, 0.2) is 0 Å². The molecule has 0 radical (unpaired) electrons. The summed E-state index contributed by atoms with van der Waals surface area (Å²) >= 11 is 0. The number of sulfonamides is 1. The van der Waals surface area contributed by atoms with Gasteiger partial charge in [-0.05, 0) is 37.1 Å². The number of amides is 4. The van der Waals surface area contributed by atoms with Gasteiger partial charge in [-0.25, -0.2) is 13.6 Å². The van der Waals surface area contributed by atoms with Crippen molar-refractivity contribution in [3.63, 3.8) is 0 Å². The minimum atomic E-state index is -3.79. The van der Waals surface area contributed by atoms with Crippen LogP contribution in [0.1, 0.15) is 32.1 Å². The molecule has 0 aliphatic carbocycles. The first kappa shape index (κ1) is 21.9. The Morgan fingerprint density at radius 3 is 2.13 bits per heavy atom. The van der Waals surface area contributed by atoms with Gasteiger partial charge < -0.3 is 10.2 Å². The molecular weight excluding hydrogens is 412 g/mol. The molecule has 10 nitrogen and oxygen atoms in total. The zero-order valence-electron chi connectivity index (χ0n) is 16.4. The lowest BCUT2D eigenvalue weighted by atomic mass is 9.95. The zero-order valence-corrected chi connectivity index (χ0v) is 17.2. The molecule has 0 spiro atoms. The van der Waals surface area contributed by atoms with Crippen LogP contribution in [0.5, 0.6) is 0 Å². The molecule has 3 rings (SSSR count). The summed E-state index contributed by atoms with van der Waals surface area (Å²) in [4.78, 5) is 50.8. The lowest BCUT2D eigenvalue weighted by molar-refractivity contribution is -0.140. The molecule has 0 atom stereocenters. The van der Waals surface area contributed by atoms with Gasteiger partial charge in [0.1, 0.15) is 0 Å². The van der Waals surface area contributed by atoms with Gasteiger partial charge in [0.2, 0.25) is 33.7 Å². The van der Waals surface area contributed by atoms with E-state index in [0.29, 0.717) is 31.6 Å². The second kappa shape index (κ2) is 8.92. The van der Waals surface area contributed by atoms with E-state index < -0.39 is 10.0 Å². The molecule has 2 saturated heterocycles. The second-order valence-electron chi connectivity index (χ2n) is 7.40. The molecule has 1 aromatic carbocycles. The van der Waals surface area contributed by atoms with Crippen LogP contribution in [-0.2, 0) is 29.2 Å². The summed E-state index contributed by atoms with van der Waals surface area (Å²) in [7, 11) is -3.79. The maximum Gasteiger partial charge on any atom is 0.238 e. The Balaban J connectivity index is 1.45. The van der Waals surface area contributed by atoms with Gasteiger partial charge in [-0.15, -0.1) is 0 Å². The highest BCUT2D eigenvalue weighted by Gasteiger charge is 2.31. The normalized spacial score (nSPS) is 18.0. The van der Waals surface area contributed by atoms with Crippen LogP contribution in [0, 0.1) is 5.92 Å². The van der Waals surface area contributed by atoms with Crippen molar-refractivity contribution in [3.05, 3.63) is 24.3 Å². The van der Waals surface area contributed by atoms with Gasteiger partial charge in [-0.1, -0.05) is 0 Å². The van der Waals surface area contributed by atoms with Crippen LogP contribution in [0.15, 0.2) is 29.2 Å². The number of nitrogens with two attached hydrogens (primary N) is 1. The van der Waals surface area contributed by atoms with Gasteiger partial charge in [-0.3, -0.25) is 24.1 Å². The number of nitrogens with one attached hydrogen (secondary N) is 1. The van der Waals surface area contributed by atoms with E-state index in [1.807, 2.05) is 0 Å². The van der Waals surface area contributed by atoms with Crippen LogP contribution in [-0.4, -0.2) is 61.5 Å². The van der Waals surface area contributed by atoms with Crippen LogP contribution >= 0.6 is 0 Å². The Bertz CT molecular complexity index is 936. The van der Waals surface area contributed by atoms with E-state index in [4.69, 9.17) is 5.14 Å². The highest BCUT2D eigenvalue weighted by Crippen LogP contribution is 2.21. The van der Waals surface area contributed by atoms with E-state index in [1.54, 1.807) is 4.90 Å². The molecule has 2 heterocycles. The predicted molar refractivity (Wildman–Crippen MR) is 106 cm³/mol. The Morgan fingerprint density at radius 1 is 1.03 bits per heavy atom. The summed E-state index contributed by atoms with van der Waals surface area (Å²) in [6.45, 7) is 0.942. The molecule has 0 unspecified atom stereocenters. The third kappa shape index (κ3) is 5.22. The average molecular weight is 436 g/mol. The third-order valence-corrected chi connectivity index (χ3v) is 6.30. The number of benzene rings is 1. The van der Waals surface area contributed by atoms with E-state index in [1.165, 1.54) is 24.3 Å². The van der Waals surface area contributed by atoms with E-state index in [-0.39, 0.29) is 60.2 Å². The topological polar surface area (TPSA) is 147 Å². The first-order valence-corrected chi connectivity index (χ1v) is 11.2. The number of likely N-dealkylation sites (tertiary alicyclic amines) is 2. The summed E-state index contributed by atoms with van der Waals surface area (Å²) < 4.78 is 22.6. The van der Waals surface area contributed by atoms with Crippen molar-refractivity contribution in [1.82, 2.24) is 9.80 Å². The quantitative estimate of drug-likeness (QED) is 0.602. The largest absolute Gasteiger partial charge is 0.343 e. The molecule has 0 bridgehead atoms. The second-order valence-corrected chi connectivity index (χ2v) is 8.96. The van der Waals surface area contributed by atoms with Gasteiger partial charge in [0.25, 0.3) is 0 Å². The minimum Gasteiger partial charge on any atom is -0.343 e. The van der Waals surface area contributed by atoms with Gasteiger partial charge in [0.05, 0.1) is 4.90 Å². The molecule has 3 N–H and O–H groups in total. The van der Waals surface area contributed by atoms with Crippen molar-refractivity contribution >= 4 is 39.3 Å². The number of imide groups is 1. The molecule has 2 aliphatic rings.